The molecular formula is C19H22N2O2. The number of hydrogen-bond acceptors (Lipinski definition) is 3. The first-order chi connectivity index (χ1) is 11.2. The van der Waals surface area contributed by atoms with E-state index >= 15 is 0 Å². The van der Waals surface area contributed by atoms with Crippen LogP contribution in [0.4, 0.5) is 5.69 Å². The summed E-state index contributed by atoms with van der Waals surface area (Å²) in [5, 5.41) is 3.51. The van der Waals surface area contributed by atoms with Crippen LogP contribution in [0.15, 0.2) is 48.5 Å². The molecule has 3 rings (SSSR count). The van der Waals surface area contributed by atoms with Crippen LogP contribution in [-0.4, -0.2) is 24.0 Å². The second-order valence-corrected chi connectivity index (χ2v) is 5.80. The molecule has 0 aromatic heterocycles. The van der Waals surface area contributed by atoms with Gasteiger partial charge in [-0.3, -0.25) is 4.79 Å². The molecule has 0 saturated carbocycles. The van der Waals surface area contributed by atoms with Crippen molar-refractivity contribution < 1.29 is 9.53 Å². The summed E-state index contributed by atoms with van der Waals surface area (Å²) in [5.74, 6) is 0.843. The van der Waals surface area contributed by atoms with Crippen LogP contribution in [0.3, 0.4) is 0 Å². The van der Waals surface area contributed by atoms with Crippen molar-refractivity contribution in [3.05, 3.63) is 59.7 Å². The van der Waals surface area contributed by atoms with Crippen LogP contribution in [0, 0.1) is 0 Å². The minimum atomic E-state index is -0.233. The van der Waals surface area contributed by atoms with Gasteiger partial charge in [-0.2, -0.15) is 0 Å². The van der Waals surface area contributed by atoms with Crippen molar-refractivity contribution >= 4 is 11.6 Å². The van der Waals surface area contributed by atoms with Gasteiger partial charge in [0.15, 0.2) is 0 Å². The quantitative estimate of drug-likeness (QED) is 0.926. The smallest absolute Gasteiger partial charge is 0.258 e. The third kappa shape index (κ3) is 2.65. The third-order valence-electron chi connectivity index (χ3n) is 4.46. The van der Waals surface area contributed by atoms with Crippen molar-refractivity contribution in [1.29, 1.82) is 0 Å². The number of benzene rings is 2. The van der Waals surface area contributed by atoms with Crippen molar-refractivity contribution in [2.75, 3.05) is 12.4 Å². The second-order valence-electron chi connectivity index (χ2n) is 5.80. The molecule has 0 aliphatic carbocycles. The Labute approximate surface area is 137 Å². The Morgan fingerprint density at radius 2 is 1.87 bits per heavy atom. The van der Waals surface area contributed by atoms with Gasteiger partial charge in [-0.25, -0.2) is 0 Å². The molecule has 1 N–H and O–H groups in total. The summed E-state index contributed by atoms with van der Waals surface area (Å²) in [6.07, 6.45) is 0.657. The van der Waals surface area contributed by atoms with Gasteiger partial charge in [0.1, 0.15) is 11.9 Å². The Hall–Kier alpha value is -2.49. The number of amides is 1. The van der Waals surface area contributed by atoms with Gasteiger partial charge in [-0.1, -0.05) is 37.3 Å². The summed E-state index contributed by atoms with van der Waals surface area (Å²) < 4.78 is 5.51. The molecule has 4 heteroatoms. The largest absolute Gasteiger partial charge is 0.496 e. The lowest BCUT2D eigenvalue weighted by Crippen LogP contribution is -2.47. The fraction of sp³-hybridized carbons (Fsp3) is 0.316. The van der Waals surface area contributed by atoms with Crippen molar-refractivity contribution in [3.63, 3.8) is 0 Å². The maximum absolute atomic E-state index is 13.0. The summed E-state index contributed by atoms with van der Waals surface area (Å²) in [5.41, 5.74) is 2.56. The first-order valence-corrected chi connectivity index (χ1v) is 7.98. The standard InChI is InChI=1S/C19H22N2O2/c1-4-13(2)21-18(15-10-6-8-12-17(15)23-3)20-16-11-7-5-9-14(16)19(21)22/h5-13,18,20H,4H2,1-3H3. The van der Waals surface area contributed by atoms with E-state index in [1.165, 1.54) is 0 Å². The molecule has 0 radical (unpaired) electrons. The normalized spacial score (nSPS) is 18.1. The maximum atomic E-state index is 13.0. The number of hydrogen-bond donors (Lipinski definition) is 1. The minimum absolute atomic E-state index is 0.0598. The highest BCUT2D eigenvalue weighted by Crippen LogP contribution is 2.38. The van der Waals surface area contributed by atoms with Gasteiger partial charge in [-0.15, -0.1) is 0 Å². The first-order valence-electron chi connectivity index (χ1n) is 7.98. The number of carbonyl (C=O) groups excluding carboxylic acids is 1. The van der Waals surface area contributed by atoms with Crippen LogP contribution in [0.1, 0.15) is 42.4 Å². The fourth-order valence-corrected chi connectivity index (χ4v) is 3.04. The summed E-state index contributed by atoms with van der Waals surface area (Å²) >= 11 is 0. The van der Waals surface area contributed by atoms with Crippen LogP contribution in [0.2, 0.25) is 0 Å². The van der Waals surface area contributed by atoms with E-state index < -0.39 is 0 Å². The van der Waals surface area contributed by atoms with Gasteiger partial charge < -0.3 is 15.0 Å². The molecule has 1 amide bonds. The van der Waals surface area contributed by atoms with Crippen LogP contribution < -0.4 is 10.1 Å². The minimum Gasteiger partial charge on any atom is -0.496 e. The molecule has 2 aromatic rings. The number of fused-ring (bicyclic) bond motifs is 1. The molecule has 0 spiro atoms. The molecular weight excluding hydrogens is 288 g/mol. The zero-order chi connectivity index (χ0) is 16.4. The molecule has 23 heavy (non-hydrogen) atoms. The Balaban J connectivity index is 2.12. The van der Waals surface area contributed by atoms with Gasteiger partial charge in [0.2, 0.25) is 0 Å². The lowest BCUT2D eigenvalue weighted by Gasteiger charge is -2.41. The Bertz CT molecular complexity index is 714. The third-order valence-corrected chi connectivity index (χ3v) is 4.46. The van der Waals surface area contributed by atoms with Gasteiger partial charge in [0, 0.05) is 17.3 Å². The summed E-state index contributed by atoms with van der Waals surface area (Å²) in [4.78, 5) is 15.0. The number of ether oxygens (including phenoxy) is 1. The summed E-state index contributed by atoms with van der Waals surface area (Å²) in [7, 11) is 1.66. The van der Waals surface area contributed by atoms with Gasteiger partial charge in [0.05, 0.1) is 12.7 Å². The van der Waals surface area contributed by atoms with Crippen molar-refractivity contribution in [2.45, 2.75) is 32.5 Å². The summed E-state index contributed by atoms with van der Waals surface area (Å²) in [6.45, 7) is 4.17. The van der Waals surface area contributed by atoms with Crippen molar-refractivity contribution in [2.24, 2.45) is 0 Å². The van der Waals surface area contributed by atoms with E-state index in [0.29, 0.717) is 0 Å². The Kier molecular flexibility index (Phi) is 4.24. The van der Waals surface area contributed by atoms with Crippen LogP contribution in [-0.2, 0) is 0 Å². The molecule has 120 valence electrons. The van der Waals surface area contributed by atoms with Crippen molar-refractivity contribution in [3.8, 4) is 5.75 Å². The average molecular weight is 310 g/mol. The highest BCUT2D eigenvalue weighted by atomic mass is 16.5. The van der Waals surface area contributed by atoms with E-state index in [1.54, 1.807) is 7.11 Å². The monoisotopic (exact) mass is 310 g/mol. The van der Waals surface area contributed by atoms with Gasteiger partial charge in [0.25, 0.3) is 5.91 Å². The Morgan fingerprint density at radius 3 is 2.61 bits per heavy atom. The number of carbonyl (C=O) groups is 1. The highest BCUT2D eigenvalue weighted by molar-refractivity contribution is 6.02. The SMILES string of the molecule is CCC(C)N1C(=O)c2ccccc2NC1c1ccccc1OC. The molecule has 2 unspecified atom stereocenters. The predicted molar refractivity (Wildman–Crippen MR) is 91.7 cm³/mol. The lowest BCUT2D eigenvalue weighted by atomic mass is 10.0. The molecule has 0 saturated heterocycles. The Morgan fingerprint density at radius 1 is 1.17 bits per heavy atom. The number of methoxy groups -OCH3 is 1. The fourth-order valence-electron chi connectivity index (χ4n) is 3.04. The van der Waals surface area contributed by atoms with E-state index in [2.05, 4.69) is 19.2 Å². The number of anilines is 1. The van der Waals surface area contributed by atoms with E-state index in [4.69, 9.17) is 4.74 Å². The van der Waals surface area contributed by atoms with E-state index in [0.717, 1.165) is 29.0 Å². The van der Waals surface area contributed by atoms with Gasteiger partial charge >= 0.3 is 0 Å². The molecule has 0 fully saturated rings. The zero-order valence-corrected chi connectivity index (χ0v) is 13.7. The van der Waals surface area contributed by atoms with E-state index in [-0.39, 0.29) is 18.1 Å². The number of nitrogens with zero attached hydrogens (tertiary/aromatic N) is 1. The number of para-hydroxylation sites is 2. The molecule has 1 aliphatic rings. The predicted octanol–water partition coefficient (Wildman–Crippen LogP) is 4.06. The van der Waals surface area contributed by atoms with Crippen molar-refractivity contribution in [1.82, 2.24) is 4.90 Å². The maximum Gasteiger partial charge on any atom is 0.258 e. The average Bonchev–Trinajstić information content (AvgIpc) is 2.61. The topological polar surface area (TPSA) is 41.6 Å². The van der Waals surface area contributed by atoms with Gasteiger partial charge in [-0.05, 0) is 31.5 Å². The lowest BCUT2D eigenvalue weighted by molar-refractivity contribution is 0.0591. The molecule has 1 aliphatic heterocycles. The molecule has 0 bridgehead atoms. The van der Waals surface area contributed by atoms with Crippen LogP contribution in [0.25, 0.3) is 0 Å². The highest BCUT2D eigenvalue weighted by Gasteiger charge is 2.36. The van der Waals surface area contributed by atoms with Crippen LogP contribution >= 0.6 is 0 Å². The first kappa shape index (κ1) is 15.4. The number of rotatable bonds is 4. The van der Waals surface area contributed by atoms with E-state index in [1.807, 2.05) is 53.4 Å². The number of nitrogens with one attached hydrogen (secondary N) is 1. The van der Waals surface area contributed by atoms with Crippen LogP contribution in [0.5, 0.6) is 5.75 Å². The molecule has 4 nitrogen and oxygen atoms in total. The zero-order valence-electron chi connectivity index (χ0n) is 13.7. The molecule has 1 heterocycles. The molecule has 2 aromatic carbocycles. The summed E-state index contributed by atoms with van der Waals surface area (Å²) in [6, 6.07) is 15.6. The molecule has 2 atom stereocenters. The second kappa shape index (κ2) is 6.32. The van der Waals surface area contributed by atoms with E-state index in [9.17, 15) is 4.79 Å².